The topological polar surface area (TPSA) is 96.0 Å². The molecule has 198 valence electrons. The molecule has 0 fully saturated rings. The van der Waals surface area contributed by atoms with Crippen molar-refractivity contribution in [1.29, 1.82) is 0 Å². The van der Waals surface area contributed by atoms with Crippen molar-refractivity contribution in [2.24, 2.45) is 0 Å². The number of carbonyl (C=O) groups is 2. The van der Waals surface area contributed by atoms with Crippen molar-refractivity contribution in [3.05, 3.63) is 59.7 Å². The van der Waals surface area contributed by atoms with Crippen LogP contribution in [0.15, 0.2) is 48.5 Å². The fraction of sp³-hybridized carbons (Fsp3) is 0.481. The zero-order valence-electron chi connectivity index (χ0n) is 22.4. The number of nitrogens with zero attached hydrogens (tertiary/aromatic N) is 2. The van der Waals surface area contributed by atoms with Crippen LogP contribution in [0.5, 0.6) is 5.75 Å². The molecule has 2 aromatic rings. The van der Waals surface area contributed by atoms with Gasteiger partial charge in [0.1, 0.15) is 18.3 Å². The first-order chi connectivity index (χ1) is 16.8. The summed E-state index contributed by atoms with van der Waals surface area (Å²) < 4.78 is 31.9. The number of aryl methyl sites for hydroxylation is 1. The normalized spacial score (nSPS) is 12.5. The van der Waals surface area contributed by atoms with E-state index in [-0.39, 0.29) is 12.5 Å². The molecule has 8 nitrogen and oxygen atoms in total. The lowest BCUT2D eigenvalue weighted by Gasteiger charge is -2.34. The summed E-state index contributed by atoms with van der Waals surface area (Å²) in [5.41, 5.74) is 1.73. The third-order valence-electron chi connectivity index (χ3n) is 5.60. The van der Waals surface area contributed by atoms with Crippen molar-refractivity contribution in [3.8, 4) is 5.75 Å². The van der Waals surface area contributed by atoms with E-state index >= 15 is 0 Å². The van der Waals surface area contributed by atoms with Crippen molar-refractivity contribution in [2.75, 3.05) is 23.7 Å². The highest BCUT2D eigenvalue weighted by Gasteiger charge is 2.33. The second kappa shape index (κ2) is 12.3. The molecule has 0 aliphatic rings. The van der Waals surface area contributed by atoms with Crippen LogP contribution < -0.4 is 14.4 Å². The van der Waals surface area contributed by atoms with E-state index in [2.05, 4.69) is 5.32 Å². The predicted octanol–water partition coefficient (Wildman–Crippen LogP) is 3.88. The van der Waals surface area contributed by atoms with Gasteiger partial charge in [-0.25, -0.2) is 8.42 Å². The minimum absolute atomic E-state index is 0.183. The molecule has 0 heterocycles. The molecule has 0 unspecified atom stereocenters. The zero-order chi connectivity index (χ0) is 27.1. The summed E-state index contributed by atoms with van der Waals surface area (Å²) in [5, 5.41) is 2.96. The van der Waals surface area contributed by atoms with Gasteiger partial charge in [0.15, 0.2) is 0 Å². The van der Waals surface area contributed by atoms with Gasteiger partial charge in [-0.2, -0.15) is 0 Å². The quantitative estimate of drug-likeness (QED) is 0.488. The minimum Gasteiger partial charge on any atom is -0.494 e. The second-order valence-electron chi connectivity index (χ2n) is 9.81. The number of hydrogen-bond acceptors (Lipinski definition) is 5. The van der Waals surface area contributed by atoms with Crippen LogP contribution in [-0.2, 0) is 26.2 Å². The molecule has 0 aromatic heterocycles. The fourth-order valence-electron chi connectivity index (χ4n) is 3.83. The van der Waals surface area contributed by atoms with E-state index in [1.165, 1.54) is 4.90 Å². The van der Waals surface area contributed by atoms with Crippen LogP contribution >= 0.6 is 0 Å². The molecule has 0 saturated heterocycles. The van der Waals surface area contributed by atoms with Gasteiger partial charge in [-0.05, 0) is 76.4 Å². The van der Waals surface area contributed by atoms with Crippen LogP contribution in [0.2, 0.25) is 0 Å². The van der Waals surface area contributed by atoms with Gasteiger partial charge in [0.25, 0.3) is 0 Å². The fourth-order valence-corrected chi connectivity index (χ4v) is 4.68. The van der Waals surface area contributed by atoms with E-state index in [1.54, 1.807) is 24.3 Å². The van der Waals surface area contributed by atoms with E-state index in [0.29, 0.717) is 24.5 Å². The monoisotopic (exact) mass is 517 g/mol. The zero-order valence-corrected chi connectivity index (χ0v) is 23.2. The molecule has 2 rings (SSSR count). The summed E-state index contributed by atoms with van der Waals surface area (Å²) in [6, 6.07) is 13.4. The maximum absolute atomic E-state index is 13.7. The summed E-state index contributed by atoms with van der Waals surface area (Å²) in [5.74, 6) is -0.139. The molecule has 0 aliphatic carbocycles. The molecule has 0 bridgehead atoms. The van der Waals surface area contributed by atoms with Gasteiger partial charge < -0.3 is 15.0 Å². The Bertz CT molecular complexity index is 1140. The highest BCUT2D eigenvalue weighted by atomic mass is 32.2. The summed E-state index contributed by atoms with van der Waals surface area (Å²) >= 11 is 0. The number of amides is 2. The van der Waals surface area contributed by atoms with Crippen molar-refractivity contribution in [2.45, 2.75) is 66.1 Å². The Morgan fingerprint density at radius 1 is 1.03 bits per heavy atom. The number of sulfonamides is 1. The lowest BCUT2D eigenvalue weighted by atomic mass is 10.0. The molecule has 0 saturated carbocycles. The van der Waals surface area contributed by atoms with Crippen molar-refractivity contribution < 1.29 is 22.7 Å². The van der Waals surface area contributed by atoms with Crippen molar-refractivity contribution in [1.82, 2.24) is 10.2 Å². The van der Waals surface area contributed by atoms with E-state index in [0.717, 1.165) is 21.7 Å². The van der Waals surface area contributed by atoms with Crippen molar-refractivity contribution in [3.63, 3.8) is 0 Å². The van der Waals surface area contributed by atoms with E-state index in [4.69, 9.17) is 4.74 Å². The first-order valence-electron chi connectivity index (χ1n) is 12.1. The number of anilines is 1. The Balaban J connectivity index is 2.45. The lowest BCUT2D eigenvalue weighted by Crippen LogP contribution is -2.55. The summed E-state index contributed by atoms with van der Waals surface area (Å²) in [6.45, 7) is 11.5. The minimum atomic E-state index is -3.79. The van der Waals surface area contributed by atoms with Gasteiger partial charge in [0, 0.05) is 12.1 Å². The Hall–Kier alpha value is -3.07. The molecular weight excluding hydrogens is 478 g/mol. The molecule has 0 aliphatic heterocycles. The highest BCUT2D eigenvalue weighted by molar-refractivity contribution is 7.92. The third-order valence-corrected chi connectivity index (χ3v) is 6.74. The van der Waals surface area contributed by atoms with Gasteiger partial charge in [-0.15, -0.1) is 0 Å². The number of nitrogens with one attached hydrogen (secondary N) is 1. The Morgan fingerprint density at radius 2 is 1.64 bits per heavy atom. The molecule has 1 N–H and O–H groups in total. The third kappa shape index (κ3) is 8.26. The molecule has 0 radical (unpaired) electrons. The number of rotatable bonds is 11. The van der Waals surface area contributed by atoms with E-state index in [1.807, 2.05) is 65.8 Å². The Kier molecular flexibility index (Phi) is 9.93. The molecule has 9 heteroatoms. The number of hydrogen-bond donors (Lipinski definition) is 1. The van der Waals surface area contributed by atoms with Gasteiger partial charge in [0.05, 0.1) is 18.6 Å². The van der Waals surface area contributed by atoms with Crippen molar-refractivity contribution >= 4 is 27.5 Å². The first kappa shape index (κ1) is 29.2. The highest BCUT2D eigenvalue weighted by Crippen LogP contribution is 2.23. The smallest absolute Gasteiger partial charge is 0.244 e. The van der Waals surface area contributed by atoms with Gasteiger partial charge in [-0.3, -0.25) is 13.9 Å². The molecule has 36 heavy (non-hydrogen) atoms. The van der Waals surface area contributed by atoms with E-state index in [9.17, 15) is 18.0 Å². The summed E-state index contributed by atoms with van der Waals surface area (Å²) in [4.78, 5) is 28.4. The van der Waals surface area contributed by atoms with Gasteiger partial charge in [-0.1, -0.05) is 31.2 Å². The SMILES string of the molecule is CCOc1ccc(N(CC(=O)N(Cc2ccccc2C)[C@@H](CC)C(=O)NC(C)(C)C)S(C)(=O)=O)cc1. The Morgan fingerprint density at radius 3 is 2.14 bits per heavy atom. The molecule has 2 amide bonds. The van der Waals surface area contributed by atoms with E-state index < -0.39 is 34.1 Å². The van der Waals surface area contributed by atoms with Gasteiger partial charge in [0.2, 0.25) is 21.8 Å². The first-order valence-corrected chi connectivity index (χ1v) is 14.0. The average molecular weight is 518 g/mol. The van der Waals surface area contributed by atoms with Crippen LogP contribution in [0, 0.1) is 6.92 Å². The maximum Gasteiger partial charge on any atom is 0.244 e. The Labute approximate surface area is 215 Å². The lowest BCUT2D eigenvalue weighted by molar-refractivity contribution is -0.141. The maximum atomic E-state index is 13.7. The number of ether oxygens (including phenoxy) is 1. The second-order valence-corrected chi connectivity index (χ2v) is 11.7. The van der Waals surface area contributed by atoms with Crippen LogP contribution in [0.25, 0.3) is 0 Å². The van der Waals surface area contributed by atoms with Gasteiger partial charge >= 0.3 is 0 Å². The van der Waals surface area contributed by atoms with Crippen LogP contribution in [-0.4, -0.2) is 56.1 Å². The standard InChI is InChI=1S/C27H39N3O5S/c1-8-24(26(32)28-27(4,5)6)29(18-21-13-11-10-12-20(21)3)25(31)19-30(36(7,33)34)22-14-16-23(17-15-22)35-9-2/h10-17,24H,8-9,18-19H2,1-7H3,(H,28,32)/t24-/m0/s1. The molecular formula is C27H39N3O5S. The van der Waals surface area contributed by atoms with Crippen LogP contribution in [0.4, 0.5) is 5.69 Å². The van der Waals surface area contributed by atoms with Crippen LogP contribution in [0.1, 0.15) is 52.2 Å². The number of carbonyl (C=O) groups excluding carboxylic acids is 2. The predicted molar refractivity (Wildman–Crippen MR) is 144 cm³/mol. The number of benzene rings is 2. The summed E-state index contributed by atoms with van der Waals surface area (Å²) in [7, 11) is -3.79. The molecule has 2 aromatic carbocycles. The van der Waals surface area contributed by atoms with Crippen LogP contribution in [0.3, 0.4) is 0 Å². The average Bonchev–Trinajstić information content (AvgIpc) is 2.77. The summed E-state index contributed by atoms with van der Waals surface area (Å²) in [6.07, 6.45) is 1.44. The molecule has 0 spiro atoms. The largest absolute Gasteiger partial charge is 0.494 e. The molecule has 1 atom stereocenters.